The minimum Gasteiger partial charge on any atom is -0.325 e. The number of anilines is 1. The molecule has 2 rings (SSSR count). The molecule has 19 heavy (non-hydrogen) atoms. The Bertz CT molecular complexity index is 568. The molecule has 0 saturated heterocycles. The van der Waals surface area contributed by atoms with Crippen LogP contribution < -0.4 is 5.32 Å². The van der Waals surface area contributed by atoms with Crippen LogP contribution in [0.1, 0.15) is 0 Å². The van der Waals surface area contributed by atoms with Gasteiger partial charge < -0.3 is 5.32 Å². The highest BCUT2D eigenvalue weighted by atomic mass is 79.9. The highest BCUT2D eigenvalue weighted by molar-refractivity contribution is 9.10. The maximum Gasteiger partial charge on any atom is 0.349 e. The SMILES string of the molecule is CN1C(=O)N=CC(C(=O)Nc2ccc(Br)cc2)C1=O. The van der Waals surface area contributed by atoms with E-state index in [1.54, 1.807) is 24.3 Å². The van der Waals surface area contributed by atoms with Crippen molar-refractivity contribution in [2.45, 2.75) is 0 Å². The largest absolute Gasteiger partial charge is 0.349 e. The third-order valence-corrected chi connectivity index (χ3v) is 3.14. The van der Waals surface area contributed by atoms with E-state index < -0.39 is 23.8 Å². The first-order valence-corrected chi connectivity index (χ1v) is 6.20. The van der Waals surface area contributed by atoms with Gasteiger partial charge in [-0.3, -0.25) is 14.5 Å². The van der Waals surface area contributed by atoms with Crippen LogP contribution in [0, 0.1) is 5.92 Å². The number of carbonyl (C=O) groups is 3. The van der Waals surface area contributed by atoms with Gasteiger partial charge in [0.25, 0.3) is 0 Å². The third-order valence-electron chi connectivity index (χ3n) is 2.61. The molecule has 1 heterocycles. The average Bonchev–Trinajstić information content (AvgIpc) is 2.39. The topological polar surface area (TPSA) is 78.8 Å². The van der Waals surface area contributed by atoms with Crippen LogP contribution in [0.4, 0.5) is 10.5 Å². The maximum atomic E-state index is 11.9. The molecule has 0 fully saturated rings. The monoisotopic (exact) mass is 323 g/mol. The first-order valence-electron chi connectivity index (χ1n) is 5.41. The third kappa shape index (κ3) is 2.87. The van der Waals surface area contributed by atoms with Gasteiger partial charge in [-0.2, -0.15) is 0 Å². The lowest BCUT2D eigenvalue weighted by Gasteiger charge is -2.21. The minimum atomic E-state index is -1.08. The van der Waals surface area contributed by atoms with Crippen molar-refractivity contribution in [3.63, 3.8) is 0 Å². The summed E-state index contributed by atoms with van der Waals surface area (Å²) < 4.78 is 0.881. The van der Waals surface area contributed by atoms with Crippen molar-refractivity contribution in [3.8, 4) is 0 Å². The van der Waals surface area contributed by atoms with Gasteiger partial charge in [-0.25, -0.2) is 9.79 Å². The number of imide groups is 1. The molecule has 0 saturated carbocycles. The Kier molecular flexibility index (Phi) is 3.75. The van der Waals surface area contributed by atoms with Gasteiger partial charge in [-0.1, -0.05) is 15.9 Å². The Labute approximate surface area is 117 Å². The zero-order valence-electron chi connectivity index (χ0n) is 9.96. The molecule has 0 bridgehead atoms. The van der Waals surface area contributed by atoms with E-state index in [0.717, 1.165) is 15.6 Å². The molecule has 4 amide bonds. The van der Waals surface area contributed by atoms with E-state index in [1.165, 1.54) is 7.05 Å². The van der Waals surface area contributed by atoms with E-state index in [-0.39, 0.29) is 0 Å². The molecule has 0 radical (unpaired) electrons. The number of urea groups is 1. The van der Waals surface area contributed by atoms with E-state index in [4.69, 9.17) is 0 Å². The normalized spacial score (nSPS) is 18.6. The molecule has 1 N–H and O–H groups in total. The number of aliphatic imine (C=N–C) groups is 1. The van der Waals surface area contributed by atoms with Crippen molar-refractivity contribution in [1.29, 1.82) is 0 Å². The van der Waals surface area contributed by atoms with Crippen LogP contribution in [-0.2, 0) is 9.59 Å². The van der Waals surface area contributed by atoms with Crippen molar-refractivity contribution < 1.29 is 14.4 Å². The van der Waals surface area contributed by atoms with Gasteiger partial charge in [-0.05, 0) is 24.3 Å². The van der Waals surface area contributed by atoms with E-state index in [2.05, 4.69) is 26.2 Å². The Balaban J connectivity index is 2.12. The standard InChI is InChI=1S/C12H10BrN3O3/c1-16-11(18)9(6-14-12(16)19)10(17)15-8-4-2-7(13)3-5-8/h2-6,9H,1H3,(H,15,17). The maximum absolute atomic E-state index is 11.9. The van der Waals surface area contributed by atoms with E-state index >= 15 is 0 Å². The van der Waals surface area contributed by atoms with Crippen molar-refractivity contribution in [1.82, 2.24) is 4.90 Å². The number of carbonyl (C=O) groups excluding carboxylic acids is 3. The average molecular weight is 324 g/mol. The van der Waals surface area contributed by atoms with Crippen molar-refractivity contribution in [2.75, 3.05) is 12.4 Å². The summed E-state index contributed by atoms with van der Waals surface area (Å²) in [5, 5.41) is 2.59. The smallest absolute Gasteiger partial charge is 0.325 e. The van der Waals surface area contributed by atoms with E-state index in [0.29, 0.717) is 5.69 Å². The molecule has 6 nitrogen and oxygen atoms in total. The number of nitrogens with zero attached hydrogens (tertiary/aromatic N) is 2. The second-order valence-corrected chi connectivity index (χ2v) is 4.85. The molecule has 1 aliphatic rings. The van der Waals surface area contributed by atoms with Gasteiger partial charge >= 0.3 is 6.03 Å². The first kappa shape index (κ1) is 13.4. The van der Waals surface area contributed by atoms with Crippen LogP contribution >= 0.6 is 15.9 Å². The lowest BCUT2D eigenvalue weighted by Crippen LogP contribution is -2.45. The summed E-state index contributed by atoms with van der Waals surface area (Å²) in [6.07, 6.45) is 1.07. The lowest BCUT2D eigenvalue weighted by molar-refractivity contribution is -0.134. The number of hydrogen-bond acceptors (Lipinski definition) is 3. The summed E-state index contributed by atoms with van der Waals surface area (Å²) in [5.41, 5.74) is 0.564. The van der Waals surface area contributed by atoms with E-state index in [1.807, 2.05) is 0 Å². The van der Waals surface area contributed by atoms with Gasteiger partial charge in [0.05, 0.1) is 0 Å². The molecule has 1 aliphatic heterocycles. The Morgan fingerprint density at radius 3 is 2.58 bits per heavy atom. The second-order valence-electron chi connectivity index (χ2n) is 3.93. The van der Waals surface area contributed by atoms with Crippen molar-refractivity contribution >= 4 is 45.7 Å². The lowest BCUT2D eigenvalue weighted by atomic mass is 10.1. The summed E-state index contributed by atoms with van der Waals surface area (Å²) in [5.74, 6) is -2.18. The molecular weight excluding hydrogens is 314 g/mol. The molecule has 1 atom stereocenters. The van der Waals surface area contributed by atoms with Crippen LogP contribution in [0.25, 0.3) is 0 Å². The minimum absolute atomic E-state index is 0.518. The fraction of sp³-hybridized carbons (Fsp3) is 0.167. The first-order chi connectivity index (χ1) is 8.99. The van der Waals surface area contributed by atoms with Crippen molar-refractivity contribution in [2.24, 2.45) is 10.9 Å². The van der Waals surface area contributed by atoms with Crippen LogP contribution in [0.15, 0.2) is 33.7 Å². The molecule has 1 unspecified atom stereocenters. The number of amides is 4. The number of nitrogens with one attached hydrogen (secondary N) is 1. The highest BCUT2D eigenvalue weighted by Gasteiger charge is 2.34. The Morgan fingerprint density at radius 1 is 1.32 bits per heavy atom. The van der Waals surface area contributed by atoms with Crippen LogP contribution in [0.5, 0.6) is 0 Å². The van der Waals surface area contributed by atoms with Crippen molar-refractivity contribution in [3.05, 3.63) is 28.7 Å². The summed E-state index contributed by atoms with van der Waals surface area (Å²) in [4.78, 5) is 39.2. The number of rotatable bonds is 2. The molecule has 0 aromatic heterocycles. The summed E-state index contributed by atoms with van der Waals surface area (Å²) >= 11 is 3.28. The molecule has 98 valence electrons. The predicted molar refractivity (Wildman–Crippen MR) is 72.9 cm³/mol. The zero-order chi connectivity index (χ0) is 14.0. The van der Waals surface area contributed by atoms with Gasteiger partial charge in [0, 0.05) is 23.4 Å². The highest BCUT2D eigenvalue weighted by Crippen LogP contribution is 2.16. The number of hydrogen-bond donors (Lipinski definition) is 1. The fourth-order valence-corrected chi connectivity index (χ4v) is 1.79. The zero-order valence-corrected chi connectivity index (χ0v) is 11.5. The Hall–Kier alpha value is -2.02. The molecule has 1 aromatic rings. The molecule has 0 aliphatic carbocycles. The summed E-state index contributed by atoms with van der Waals surface area (Å²) in [6, 6.07) is 6.25. The second kappa shape index (κ2) is 5.31. The molecule has 1 aromatic carbocycles. The van der Waals surface area contributed by atoms with Gasteiger partial charge in [0.2, 0.25) is 11.8 Å². The van der Waals surface area contributed by atoms with E-state index in [9.17, 15) is 14.4 Å². The van der Waals surface area contributed by atoms with Gasteiger partial charge in [-0.15, -0.1) is 0 Å². The molecular formula is C12H10BrN3O3. The van der Waals surface area contributed by atoms with Crippen LogP contribution in [-0.4, -0.2) is 36.0 Å². The quantitative estimate of drug-likeness (QED) is 0.841. The van der Waals surface area contributed by atoms with Gasteiger partial charge in [0.1, 0.15) is 0 Å². The molecule has 7 heteroatoms. The predicted octanol–water partition coefficient (Wildman–Crippen LogP) is 1.67. The summed E-state index contributed by atoms with van der Waals surface area (Å²) in [6.45, 7) is 0. The summed E-state index contributed by atoms with van der Waals surface area (Å²) in [7, 11) is 1.29. The number of benzene rings is 1. The van der Waals surface area contributed by atoms with Gasteiger partial charge in [0.15, 0.2) is 5.92 Å². The fourth-order valence-electron chi connectivity index (χ4n) is 1.52. The molecule has 0 spiro atoms. The number of halogens is 1. The van der Waals surface area contributed by atoms with Crippen LogP contribution in [0.2, 0.25) is 0 Å². The Morgan fingerprint density at radius 2 is 1.95 bits per heavy atom. The van der Waals surface area contributed by atoms with Crippen LogP contribution in [0.3, 0.4) is 0 Å².